The molecule has 0 saturated heterocycles. The number of hydrogen-bond donors (Lipinski definition) is 1. The van der Waals surface area contributed by atoms with Crippen LogP contribution in [0.5, 0.6) is 5.75 Å². The molecule has 5 rings (SSSR count). The zero-order valence-electron chi connectivity index (χ0n) is 17.4. The van der Waals surface area contributed by atoms with E-state index in [1.54, 1.807) is 27.8 Å². The van der Waals surface area contributed by atoms with Gasteiger partial charge in [0.1, 0.15) is 17.5 Å². The van der Waals surface area contributed by atoms with Crippen molar-refractivity contribution in [1.82, 2.24) is 24.5 Å². The van der Waals surface area contributed by atoms with Crippen molar-refractivity contribution in [3.05, 3.63) is 64.9 Å². The highest BCUT2D eigenvalue weighted by Crippen LogP contribution is 2.26. The van der Waals surface area contributed by atoms with E-state index in [0.717, 1.165) is 46.3 Å². The molecule has 0 radical (unpaired) electrons. The Labute approximate surface area is 175 Å². The maximum absolute atomic E-state index is 9.75. The second kappa shape index (κ2) is 7.99. The lowest BCUT2D eigenvalue weighted by atomic mass is 9.94. The van der Waals surface area contributed by atoms with E-state index in [4.69, 9.17) is 5.26 Å². The van der Waals surface area contributed by atoms with E-state index in [9.17, 15) is 5.11 Å². The van der Waals surface area contributed by atoms with Crippen LogP contribution in [0, 0.1) is 25.2 Å². The molecule has 4 aromatic rings. The molecule has 1 N–H and O–H groups in total. The van der Waals surface area contributed by atoms with Gasteiger partial charge in [-0.1, -0.05) is 0 Å². The van der Waals surface area contributed by atoms with Crippen LogP contribution in [0.25, 0.3) is 16.6 Å². The van der Waals surface area contributed by atoms with Crippen molar-refractivity contribution in [2.75, 3.05) is 0 Å². The van der Waals surface area contributed by atoms with E-state index in [1.807, 2.05) is 39.2 Å². The number of benzene rings is 1. The van der Waals surface area contributed by atoms with Crippen LogP contribution in [0.2, 0.25) is 0 Å². The molecule has 30 heavy (non-hydrogen) atoms. The molecule has 7 heteroatoms. The van der Waals surface area contributed by atoms with Crippen LogP contribution in [0.4, 0.5) is 0 Å². The zero-order valence-corrected chi connectivity index (χ0v) is 17.4. The predicted molar refractivity (Wildman–Crippen MR) is 115 cm³/mol. The monoisotopic (exact) mass is 400 g/mol. The predicted octanol–water partition coefficient (Wildman–Crippen LogP) is 3.91. The topological polar surface area (TPSA) is 92.6 Å². The molecule has 0 unspecified atom stereocenters. The fourth-order valence-electron chi connectivity index (χ4n) is 3.75. The average molecular weight is 400 g/mol. The Bertz CT molecular complexity index is 1260. The number of phenolic OH excluding ortho intramolecular Hbond substituents is 1. The largest absolute Gasteiger partial charge is 0.508 e. The van der Waals surface area contributed by atoms with Gasteiger partial charge in [-0.05, 0) is 62.8 Å². The minimum atomic E-state index is 0.281. The van der Waals surface area contributed by atoms with Crippen molar-refractivity contribution in [3.63, 3.8) is 0 Å². The second-order valence-corrected chi connectivity index (χ2v) is 7.67. The SMILES string of the molecule is Cc1cc2cnn(-c3cnn(C)c3)c2cc1O.Cc1nc2c(cc1C#N)CCCC2. The number of aromatic hydroxyl groups is 1. The number of fused-ring (bicyclic) bond motifs is 2. The molecule has 1 aliphatic rings. The van der Waals surface area contributed by atoms with E-state index >= 15 is 0 Å². The van der Waals surface area contributed by atoms with Crippen molar-refractivity contribution < 1.29 is 5.11 Å². The van der Waals surface area contributed by atoms with E-state index in [-0.39, 0.29) is 5.75 Å². The van der Waals surface area contributed by atoms with Crippen LogP contribution in [0.1, 0.15) is 40.9 Å². The molecule has 1 aromatic carbocycles. The summed E-state index contributed by atoms with van der Waals surface area (Å²) in [7, 11) is 1.86. The first kappa shape index (κ1) is 19.6. The van der Waals surface area contributed by atoms with Crippen molar-refractivity contribution >= 4 is 10.9 Å². The first-order chi connectivity index (χ1) is 14.5. The molecule has 0 amide bonds. The summed E-state index contributed by atoms with van der Waals surface area (Å²) in [5.41, 5.74) is 6.72. The maximum atomic E-state index is 9.75. The molecule has 1 aliphatic carbocycles. The number of aromatic nitrogens is 5. The Morgan fingerprint density at radius 1 is 1.07 bits per heavy atom. The van der Waals surface area contributed by atoms with Gasteiger partial charge in [0.2, 0.25) is 0 Å². The van der Waals surface area contributed by atoms with Crippen LogP contribution in [-0.2, 0) is 19.9 Å². The lowest BCUT2D eigenvalue weighted by molar-refractivity contribution is 0.472. The van der Waals surface area contributed by atoms with Crippen LogP contribution < -0.4 is 0 Å². The molecule has 7 nitrogen and oxygen atoms in total. The normalized spacial score (nSPS) is 12.7. The molecule has 152 valence electrons. The van der Waals surface area contributed by atoms with Crippen LogP contribution in [-0.4, -0.2) is 29.7 Å². The van der Waals surface area contributed by atoms with Gasteiger partial charge >= 0.3 is 0 Å². The van der Waals surface area contributed by atoms with Gasteiger partial charge in [0, 0.05) is 24.2 Å². The third-order valence-corrected chi connectivity index (χ3v) is 5.43. The third kappa shape index (κ3) is 3.77. The summed E-state index contributed by atoms with van der Waals surface area (Å²) in [6, 6.07) is 7.84. The van der Waals surface area contributed by atoms with E-state index < -0.39 is 0 Å². The Morgan fingerprint density at radius 2 is 1.87 bits per heavy atom. The fraction of sp³-hybridized carbons (Fsp3) is 0.304. The van der Waals surface area contributed by atoms with Gasteiger partial charge < -0.3 is 5.11 Å². The Hall–Kier alpha value is -3.66. The van der Waals surface area contributed by atoms with Crippen LogP contribution >= 0.6 is 0 Å². The van der Waals surface area contributed by atoms with Gasteiger partial charge in [0.05, 0.1) is 35.4 Å². The third-order valence-electron chi connectivity index (χ3n) is 5.43. The minimum Gasteiger partial charge on any atom is -0.508 e. The molecule has 0 saturated carbocycles. The summed E-state index contributed by atoms with van der Waals surface area (Å²) in [5, 5.41) is 28.0. The van der Waals surface area contributed by atoms with Crippen molar-refractivity contribution in [1.29, 1.82) is 5.26 Å². The molecule has 0 atom stereocenters. The number of pyridine rings is 1. The second-order valence-electron chi connectivity index (χ2n) is 7.67. The van der Waals surface area contributed by atoms with Crippen molar-refractivity contribution in [3.8, 4) is 17.5 Å². The van der Waals surface area contributed by atoms with Crippen molar-refractivity contribution in [2.24, 2.45) is 7.05 Å². The van der Waals surface area contributed by atoms with Gasteiger partial charge in [-0.3, -0.25) is 9.67 Å². The number of rotatable bonds is 1. The molecule has 0 bridgehead atoms. The highest BCUT2D eigenvalue weighted by Gasteiger charge is 2.12. The first-order valence-electron chi connectivity index (χ1n) is 10.0. The summed E-state index contributed by atoms with van der Waals surface area (Å²) in [6.45, 7) is 3.78. The standard InChI is InChI=1S/C12H12N4O.C11H12N2/c1-8-3-9-5-14-16(11(9)4-12(8)17)10-6-13-15(2)7-10;1-8-10(7-12)6-9-4-2-3-5-11(9)13-8/h3-7,17H,1-2H3;6H,2-5H2,1H3. The summed E-state index contributed by atoms with van der Waals surface area (Å²) in [4.78, 5) is 4.46. The highest BCUT2D eigenvalue weighted by atomic mass is 16.3. The van der Waals surface area contributed by atoms with Crippen LogP contribution in [0.3, 0.4) is 0 Å². The molecular formula is C23H24N6O. The number of phenols is 1. The molecular weight excluding hydrogens is 376 g/mol. The van der Waals surface area contributed by atoms with Crippen LogP contribution in [0.15, 0.2) is 36.8 Å². The maximum Gasteiger partial charge on any atom is 0.120 e. The molecule has 0 fully saturated rings. The molecule has 0 spiro atoms. The van der Waals surface area contributed by atoms with E-state index in [0.29, 0.717) is 0 Å². The van der Waals surface area contributed by atoms with Gasteiger partial charge in [0.15, 0.2) is 0 Å². The minimum absolute atomic E-state index is 0.281. The quantitative estimate of drug-likeness (QED) is 0.523. The number of nitriles is 1. The number of aryl methyl sites for hydroxylation is 5. The van der Waals surface area contributed by atoms with Crippen molar-refractivity contribution in [2.45, 2.75) is 39.5 Å². The summed E-state index contributed by atoms with van der Waals surface area (Å²) in [5.74, 6) is 0.281. The fourth-order valence-corrected chi connectivity index (χ4v) is 3.75. The van der Waals surface area contributed by atoms with Gasteiger partial charge in [0.25, 0.3) is 0 Å². The first-order valence-corrected chi connectivity index (χ1v) is 10.0. The lowest BCUT2D eigenvalue weighted by Gasteiger charge is -2.15. The smallest absolute Gasteiger partial charge is 0.120 e. The highest BCUT2D eigenvalue weighted by molar-refractivity contribution is 5.82. The summed E-state index contributed by atoms with van der Waals surface area (Å²) < 4.78 is 3.48. The summed E-state index contributed by atoms with van der Waals surface area (Å²) >= 11 is 0. The summed E-state index contributed by atoms with van der Waals surface area (Å²) in [6.07, 6.45) is 10.1. The average Bonchev–Trinajstić information content (AvgIpc) is 3.34. The Morgan fingerprint density at radius 3 is 2.60 bits per heavy atom. The lowest BCUT2D eigenvalue weighted by Crippen LogP contribution is -2.07. The Balaban J connectivity index is 0.000000151. The van der Waals surface area contributed by atoms with E-state index in [1.165, 1.54) is 24.1 Å². The molecule has 3 heterocycles. The van der Waals surface area contributed by atoms with E-state index in [2.05, 4.69) is 21.3 Å². The zero-order chi connectivity index (χ0) is 21.3. The Kier molecular flexibility index (Phi) is 5.23. The molecule has 3 aromatic heterocycles. The number of hydrogen-bond acceptors (Lipinski definition) is 5. The van der Waals surface area contributed by atoms with Gasteiger partial charge in [-0.25, -0.2) is 4.68 Å². The van der Waals surface area contributed by atoms with Gasteiger partial charge in [-0.2, -0.15) is 15.5 Å². The van der Waals surface area contributed by atoms with Gasteiger partial charge in [-0.15, -0.1) is 0 Å². The number of nitrogens with zero attached hydrogens (tertiary/aromatic N) is 6. The molecule has 0 aliphatic heterocycles.